The van der Waals surface area contributed by atoms with Crippen molar-refractivity contribution in [3.05, 3.63) is 29.0 Å². The molecule has 1 aromatic carbocycles. The fourth-order valence-corrected chi connectivity index (χ4v) is 0.768. The van der Waals surface area contributed by atoms with Crippen molar-refractivity contribution >= 4 is 24.0 Å². The number of benzene rings is 1. The predicted octanol–water partition coefficient (Wildman–Crippen LogP) is 2.81. The lowest BCUT2D eigenvalue weighted by molar-refractivity contribution is 0.630. The van der Waals surface area contributed by atoms with Gasteiger partial charge in [0.25, 0.3) is 0 Å². The Bertz CT molecular complexity index is 260. The molecule has 0 amide bonds. The van der Waals surface area contributed by atoms with E-state index in [1.54, 1.807) is 6.07 Å². The Hall–Kier alpha value is -0.890. The number of halogens is 2. The highest BCUT2D eigenvalue weighted by atomic mass is 35.5. The Morgan fingerprint density at radius 3 is 2.70 bits per heavy atom. The zero-order valence-electron chi connectivity index (χ0n) is 5.14. The minimum absolute atomic E-state index is 0.226. The molecule has 1 aromatic rings. The van der Waals surface area contributed by atoms with Gasteiger partial charge in [-0.15, -0.1) is 0 Å². The maximum Gasteiger partial charge on any atom is 0.150 e. The topological polar surface area (TPSA) is 12.4 Å². The second-order valence-corrected chi connectivity index (χ2v) is 2.19. The zero-order chi connectivity index (χ0) is 7.56. The summed E-state index contributed by atoms with van der Waals surface area (Å²) in [5.41, 5.74) is 0.226. The number of nitrogens with zero attached hydrogens (tertiary/aromatic N) is 1. The quantitative estimate of drug-likeness (QED) is 0.556. The van der Waals surface area contributed by atoms with Gasteiger partial charge in [0.1, 0.15) is 5.82 Å². The van der Waals surface area contributed by atoms with E-state index < -0.39 is 5.82 Å². The number of aliphatic imine (C=N–C) groups is 1. The lowest BCUT2D eigenvalue weighted by Gasteiger charge is -1.94. The van der Waals surface area contributed by atoms with Crippen LogP contribution in [-0.4, -0.2) is 6.72 Å². The van der Waals surface area contributed by atoms with E-state index in [1.165, 1.54) is 12.1 Å². The summed E-state index contributed by atoms with van der Waals surface area (Å²) in [7, 11) is 0. The monoisotopic (exact) mass is 157 g/mol. The van der Waals surface area contributed by atoms with Crippen LogP contribution in [0.2, 0.25) is 5.02 Å². The van der Waals surface area contributed by atoms with E-state index in [2.05, 4.69) is 11.7 Å². The van der Waals surface area contributed by atoms with Gasteiger partial charge >= 0.3 is 0 Å². The SMILES string of the molecule is C=Nc1ccc(Cl)cc1F. The summed E-state index contributed by atoms with van der Waals surface area (Å²) in [6.07, 6.45) is 0. The molecular weight excluding hydrogens is 153 g/mol. The van der Waals surface area contributed by atoms with Crippen molar-refractivity contribution in [1.82, 2.24) is 0 Å². The molecule has 0 aliphatic heterocycles. The van der Waals surface area contributed by atoms with Gasteiger partial charge < -0.3 is 0 Å². The van der Waals surface area contributed by atoms with Crippen LogP contribution < -0.4 is 0 Å². The van der Waals surface area contributed by atoms with Gasteiger partial charge in [0.05, 0.1) is 5.69 Å². The second-order valence-electron chi connectivity index (χ2n) is 1.75. The van der Waals surface area contributed by atoms with Crippen LogP contribution in [0.15, 0.2) is 23.2 Å². The molecule has 1 rings (SSSR count). The standard InChI is InChI=1S/C7H5ClFN/c1-10-7-3-2-5(8)4-6(7)9/h2-4H,1H2. The highest BCUT2D eigenvalue weighted by molar-refractivity contribution is 6.30. The van der Waals surface area contributed by atoms with Gasteiger partial charge in [0.2, 0.25) is 0 Å². The first-order valence-corrected chi connectivity index (χ1v) is 3.03. The summed E-state index contributed by atoms with van der Waals surface area (Å²) in [6, 6.07) is 4.24. The lowest BCUT2D eigenvalue weighted by atomic mass is 10.3. The van der Waals surface area contributed by atoms with Crippen molar-refractivity contribution in [3.8, 4) is 0 Å². The van der Waals surface area contributed by atoms with Crippen molar-refractivity contribution in [1.29, 1.82) is 0 Å². The van der Waals surface area contributed by atoms with Crippen molar-refractivity contribution in [3.63, 3.8) is 0 Å². The smallest absolute Gasteiger partial charge is 0.150 e. The minimum atomic E-state index is -0.442. The molecule has 0 bridgehead atoms. The molecule has 0 saturated carbocycles. The first-order valence-electron chi connectivity index (χ1n) is 2.66. The molecule has 0 aliphatic carbocycles. The molecule has 0 aliphatic rings. The van der Waals surface area contributed by atoms with Crippen LogP contribution in [0, 0.1) is 5.82 Å². The Labute approximate surface area is 63.2 Å². The normalized spacial score (nSPS) is 9.40. The van der Waals surface area contributed by atoms with Gasteiger partial charge in [0.15, 0.2) is 0 Å². The first-order chi connectivity index (χ1) is 4.74. The fraction of sp³-hybridized carbons (Fsp3) is 0. The van der Waals surface area contributed by atoms with E-state index in [9.17, 15) is 4.39 Å². The fourth-order valence-electron chi connectivity index (χ4n) is 0.609. The molecular formula is C7H5ClFN. The number of rotatable bonds is 1. The molecule has 0 radical (unpaired) electrons. The maximum absolute atomic E-state index is 12.6. The van der Waals surface area contributed by atoms with Gasteiger partial charge in [0, 0.05) is 5.02 Å². The summed E-state index contributed by atoms with van der Waals surface area (Å²) in [6.45, 7) is 3.19. The van der Waals surface area contributed by atoms with Crippen LogP contribution in [0.5, 0.6) is 0 Å². The van der Waals surface area contributed by atoms with Crippen LogP contribution in [0.4, 0.5) is 10.1 Å². The van der Waals surface area contributed by atoms with Gasteiger partial charge in [-0.05, 0) is 24.9 Å². The molecule has 0 saturated heterocycles. The van der Waals surface area contributed by atoms with Crippen LogP contribution in [0.3, 0.4) is 0 Å². The highest BCUT2D eigenvalue weighted by Crippen LogP contribution is 2.20. The molecule has 0 heterocycles. The Morgan fingerprint density at radius 2 is 2.20 bits per heavy atom. The van der Waals surface area contributed by atoms with E-state index in [0.717, 1.165) is 0 Å². The molecule has 1 nitrogen and oxygen atoms in total. The molecule has 10 heavy (non-hydrogen) atoms. The average molecular weight is 158 g/mol. The van der Waals surface area contributed by atoms with E-state index in [-0.39, 0.29) is 5.69 Å². The third-order valence-electron chi connectivity index (χ3n) is 1.08. The average Bonchev–Trinajstić information content (AvgIpc) is 1.88. The van der Waals surface area contributed by atoms with E-state index in [1.807, 2.05) is 0 Å². The third kappa shape index (κ3) is 1.33. The van der Waals surface area contributed by atoms with Gasteiger partial charge in [-0.25, -0.2) is 4.39 Å². The molecule has 0 unspecified atom stereocenters. The summed E-state index contributed by atoms with van der Waals surface area (Å²) < 4.78 is 12.6. The van der Waals surface area contributed by atoms with E-state index in [4.69, 9.17) is 11.6 Å². The lowest BCUT2D eigenvalue weighted by Crippen LogP contribution is -1.73. The summed E-state index contributed by atoms with van der Waals surface area (Å²) in [4.78, 5) is 3.43. The van der Waals surface area contributed by atoms with Crippen LogP contribution in [0.25, 0.3) is 0 Å². The Balaban J connectivity index is 3.19. The summed E-state index contributed by atoms with van der Waals surface area (Å²) >= 11 is 5.47. The second kappa shape index (κ2) is 2.80. The Kier molecular flexibility index (Phi) is 2.02. The number of hydrogen-bond donors (Lipinski definition) is 0. The summed E-state index contributed by atoms with van der Waals surface area (Å²) in [5.74, 6) is -0.442. The number of hydrogen-bond acceptors (Lipinski definition) is 1. The maximum atomic E-state index is 12.6. The third-order valence-corrected chi connectivity index (χ3v) is 1.32. The van der Waals surface area contributed by atoms with Crippen molar-refractivity contribution in [2.45, 2.75) is 0 Å². The predicted molar refractivity (Wildman–Crippen MR) is 40.6 cm³/mol. The molecule has 52 valence electrons. The van der Waals surface area contributed by atoms with Crippen molar-refractivity contribution < 1.29 is 4.39 Å². The molecule has 0 N–H and O–H groups in total. The molecule has 0 fully saturated rings. The van der Waals surface area contributed by atoms with Crippen LogP contribution in [0.1, 0.15) is 0 Å². The van der Waals surface area contributed by atoms with Gasteiger partial charge in [-0.3, -0.25) is 4.99 Å². The van der Waals surface area contributed by atoms with E-state index >= 15 is 0 Å². The van der Waals surface area contributed by atoms with E-state index in [0.29, 0.717) is 5.02 Å². The van der Waals surface area contributed by atoms with Crippen LogP contribution in [-0.2, 0) is 0 Å². The summed E-state index contributed by atoms with van der Waals surface area (Å²) in [5, 5.41) is 0.366. The first kappa shape index (κ1) is 7.22. The Morgan fingerprint density at radius 1 is 1.50 bits per heavy atom. The van der Waals surface area contributed by atoms with Crippen molar-refractivity contribution in [2.24, 2.45) is 4.99 Å². The van der Waals surface area contributed by atoms with Crippen LogP contribution >= 0.6 is 11.6 Å². The highest BCUT2D eigenvalue weighted by Gasteiger charge is 1.97. The zero-order valence-corrected chi connectivity index (χ0v) is 5.90. The van der Waals surface area contributed by atoms with Crippen molar-refractivity contribution in [2.75, 3.05) is 0 Å². The largest absolute Gasteiger partial charge is 0.262 e. The molecule has 3 heteroatoms. The van der Waals surface area contributed by atoms with Gasteiger partial charge in [-0.2, -0.15) is 0 Å². The van der Waals surface area contributed by atoms with Gasteiger partial charge in [-0.1, -0.05) is 11.6 Å². The molecule has 0 atom stereocenters. The molecule has 0 spiro atoms. The minimum Gasteiger partial charge on any atom is -0.262 e. The molecule has 0 aromatic heterocycles.